The third-order valence-corrected chi connectivity index (χ3v) is 3.81. The molecule has 0 radical (unpaired) electrons. The van der Waals surface area contributed by atoms with Crippen LogP contribution in [-0.2, 0) is 4.74 Å². The third kappa shape index (κ3) is 3.04. The van der Waals surface area contributed by atoms with E-state index in [9.17, 15) is 4.79 Å². The van der Waals surface area contributed by atoms with E-state index < -0.39 is 0 Å². The summed E-state index contributed by atoms with van der Waals surface area (Å²) >= 11 is 0. The Labute approximate surface area is 119 Å². The molecule has 2 aliphatic rings. The molecule has 1 saturated heterocycles. The Kier molecular flexibility index (Phi) is 4.06. The normalized spacial score (nSPS) is 20.7. The van der Waals surface area contributed by atoms with Crippen molar-refractivity contribution in [2.24, 2.45) is 0 Å². The van der Waals surface area contributed by atoms with Crippen molar-refractivity contribution in [3.8, 4) is 0 Å². The number of amides is 1. The predicted molar refractivity (Wildman–Crippen MR) is 79.3 cm³/mol. The van der Waals surface area contributed by atoms with Crippen LogP contribution in [0.2, 0.25) is 0 Å². The summed E-state index contributed by atoms with van der Waals surface area (Å²) in [5, 5.41) is 9.56. The maximum Gasteiger partial charge on any atom is 0.251 e. The van der Waals surface area contributed by atoms with Crippen LogP contribution >= 0.6 is 0 Å². The number of anilines is 2. The maximum absolute atomic E-state index is 12.1. The maximum atomic E-state index is 12.1. The first-order chi connectivity index (χ1) is 9.83. The van der Waals surface area contributed by atoms with E-state index in [1.165, 1.54) is 0 Å². The second-order valence-electron chi connectivity index (χ2n) is 5.29. The highest BCUT2D eigenvalue weighted by Crippen LogP contribution is 2.25. The third-order valence-electron chi connectivity index (χ3n) is 3.81. The second kappa shape index (κ2) is 6.13. The summed E-state index contributed by atoms with van der Waals surface area (Å²) in [6.07, 6.45) is 3.48. The van der Waals surface area contributed by atoms with Gasteiger partial charge in [-0.25, -0.2) is 0 Å². The van der Waals surface area contributed by atoms with Crippen molar-refractivity contribution in [1.82, 2.24) is 5.32 Å². The van der Waals surface area contributed by atoms with Crippen LogP contribution in [0.5, 0.6) is 0 Å². The van der Waals surface area contributed by atoms with Gasteiger partial charge in [0.15, 0.2) is 0 Å². The minimum atomic E-state index is -0.0156. The molecule has 0 saturated carbocycles. The zero-order valence-electron chi connectivity index (χ0n) is 11.6. The van der Waals surface area contributed by atoms with Gasteiger partial charge in [0.1, 0.15) is 0 Å². The fourth-order valence-corrected chi connectivity index (χ4v) is 2.70. The Morgan fingerprint density at radius 3 is 2.95 bits per heavy atom. The molecule has 2 heterocycles. The number of ether oxygens (including phenoxy) is 1. The van der Waals surface area contributed by atoms with Gasteiger partial charge in [0.25, 0.3) is 5.91 Å². The number of nitrogens with one attached hydrogen (secondary N) is 3. The van der Waals surface area contributed by atoms with E-state index in [1.807, 2.05) is 18.2 Å². The summed E-state index contributed by atoms with van der Waals surface area (Å²) < 4.78 is 5.55. The van der Waals surface area contributed by atoms with Crippen molar-refractivity contribution >= 4 is 17.3 Å². The Hall–Kier alpha value is -1.75. The van der Waals surface area contributed by atoms with E-state index in [0.717, 1.165) is 50.3 Å². The number of carbonyl (C=O) groups is 1. The van der Waals surface area contributed by atoms with Crippen molar-refractivity contribution in [2.45, 2.75) is 25.4 Å². The van der Waals surface area contributed by atoms with Gasteiger partial charge in [-0.3, -0.25) is 4.79 Å². The Balaban J connectivity index is 1.53. The van der Waals surface area contributed by atoms with Crippen LogP contribution in [0.3, 0.4) is 0 Å². The minimum absolute atomic E-state index is 0.0156. The van der Waals surface area contributed by atoms with Crippen LogP contribution in [0, 0.1) is 0 Å². The molecule has 1 aromatic carbocycles. The Bertz CT molecular complexity index is 484. The predicted octanol–water partition coefficient (Wildman–Crippen LogP) is 1.82. The van der Waals surface area contributed by atoms with Crippen LogP contribution in [0.4, 0.5) is 11.4 Å². The van der Waals surface area contributed by atoms with Crippen molar-refractivity contribution in [1.29, 1.82) is 0 Å². The summed E-state index contributed by atoms with van der Waals surface area (Å²) in [6, 6.07) is 5.72. The van der Waals surface area contributed by atoms with Gasteiger partial charge in [-0.05, 0) is 37.5 Å². The standard InChI is InChI=1S/C15H21N3O2/c19-15(18-6-5-12-2-1-9-20-12)11-3-4-13-14(10-11)17-8-7-16-13/h3-4,10,12,16-17H,1-2,5-9H2,(H,18,19). The second-order valence-corrected chi connectivity index (χ2v) is 5.29. The topological polar surface area (TPSA) is 62.4 Å². The highest BCUT2D eigenvalue weighted by Gasteiger charge is 2.16. The Morgan fingerprint density at radius 2 is 2.15 bits per heavy atom. The lowest BCUT2D eigenvalue weighted by molar-refractivity contribution is 0.0907. The van der Waals surface area contributed by atoms with E-state index in [-0.39, 0.29) is 5.91 Å². The van der Waals surface area contributed by atoms with Gasteiger partial charge in [-0.1, -0.05) is 0 Å². The number of rotatable bonds is 4. The van der Waals surface area contributed by atoms with Crippen LogP contribution in [0.15, 0.2) is 18.2 Å². The Morgan fingerprint density at radius 1 is 1.30 bits per heavy atom. The summed E-state index contributed by atoms with van der Waals surface area (Å²) in [5.41, 5.74) is 2.77. The average Bonchev–Trinajstić information content (AvgIpc) is 3.00. The minimum Gasteiger partial charge on any atom is -0.382 e. The van der Waals surface area contributed by atoms with Crippen molar-refractivity contribution in [3.05, 3.63) is 23.8 Å². The molecule has 5 heteroatoms. The highest BCUT2D eigenvalue weighted by atomic mass is 16.5. The first-order valence-corrected chi connectivity index (χ1v) is 7.34. The number of hydrogen-bond acceptors (Lipinski definition) is 4. The zero-order valence-corrected chi connectivity index (χ0v) is 11.6. The summed E-state index contributed by atoms with van der Waals surface area (Å²) in [7, 11) is 0. The number of benzene rings is 1. The summed E-state index contributed by atoms with van der Waals surface area (Å²) in [4.78, 5) is 12.1. The van der Waals surface area contributed by atoms with Gasteiger partial charge in [0.2, 0.25) is 0 Å². The van der Waals surface area contributed by atoms with Crippen LogP contribution in [0.1, 0.15) is 29.6 Å². The average molecular weight is 275 g/mol. The fourth-order valence-electron chi connectivity index (χ4n) is 2.70. The van der Waals surface area contributed by atoms with Crippen molar-refractivity contribution in [2.75, 3.05) is 36.9 Å². The monoisotopic (exact) mass is 275 g/mol. The molecule has 2 aliphatic heterocycles. The van der Waals surface area contributed by atoms with Crippen LogP contribution in [0.25, 0.3) is 0 Å². The number of carbonyl (C=O) groups excluding carboxylic acids is 1. The van der Waals surface area contributed by atoms with Gasteiger partial charge in [0.05, 0.1) is 17.5 Å². The largest absolute Gasteiger partial charge is 0.382 e. The molecule has 1 unspecified atom stereocenters. The molecule has 108 valence electrons. The molecule has 0 spiro atoms. The molecule has 1 atom stereocenters. The SMILES string of the molecule is O=C(NCCC1CCCO1)c1ccc2c(c1)NCCN2. The van der Waals surface area contributed by atoms with Crippen molar-refractivity contribution < 1.29 is 9.53 Å². The van der Waals surface area contributed by atoms with Crippen molar-refractivity contribution in [3.63, 3.8) is 0 Å². The van der Waals surface area contributed by atoms with E-state index in [2.05, 4.69) is 16.0 Å². The molecular weight excluding hydrogens is 254 g/mol. The quantitative estimate of drug-likeness (QED) is 0.784. The van der Waals surface area contributed by atoms with Gasteiger partial charge in [-0.2, -0.15) is 0 Å². The first-order valence-electron chi connectivity index (χ1n) is 7.34. The molecule has 20 heavy (non-hydrogen) atoms. The summed E-state index contributed by atoms with van der Waals surface area (Å²) in [6.45, 7) is 3.34. The first kappa shape index (κ1) is 13.2. The molecule has 1 aromatic rings. The lowest BCUT2D eigenvalue weighted by Gasteiger charge is -2.20. The lowest BCUT2D eigenvalue weighted by Crippen LogP contribution is -2.27. The van der Waals surface area contributed by atoms with Crippen LogP contribution in [-0.4, -0.2) is 38.3 Å². The van der Waals surface area contributed by atoms with Gasteiger partial charge >= 0.3 is 0 Å². The van der Waals surface area contributed by atoms with Gasteiger partial charge in [0, 0.05) is 31.8 Å². The number of hydrogen-bond donors (Lipinski definition) is 3. The molecular formula is C15H21N3O2. The van der Waals surface area contributed by atoms with E-state index in [1.54, 1.807) is 0 Å². The molecule has 3 rings (SSSR count). The lowest BCUT2D eigenvalue weighted by atomic mass is 10.1. The fraction of sp³-hybridized carbons (Fsp3) is 0.533. The zero-order chi connectivity index (χ0) is 13.8. The molecule has 0 aromatic heterocycles. The van der Waals surface area contributed by atoms with Gasteiger partial charge < -0.3 is 20.7 Å². The molecule has 1 amide bonds. The molecule has 0 bridgehead atoms. The van der Waals surface area contributed by atoms with Crippen LogP contribution < -0.4 is 16.0 Å². The molecule has 0 aliphatic carbocycles. The smallest absolute Gasteiger partial charge is 0.251 e. The molecule has 3 N–H and O–H groups in total. The van der Waals surface area contributed by atoms with Gasteiger partial charge in [-0.15, -0.1) is 0 Å². The van der Waals surface area contributed by atoms with E-state index in [0.29, 0.717) is 18.2 Å². The highest BCUT2D eigenvalue weighted by molar-refractivity contribution is 5.96. The number of fused-ring (bicyclic) bond motifs is 1. The van der Waals surface area contributed by atoms with E-state index >= 15 is 0 Å². The van der Waals surface area contributed by atoms with E-state index in [4.69, 9.17) is 4.74 Å². The molecule has 5 nitrogen and oxygen atoms in total. The summed E-state index contributed by atoms with van der Waals surface area (Å²) in [5.74, 6) is -0.0156. The molecule has 1 fully saturated rings.